The second kappa shape index (κ2) is 7.54. The predicted molar refractivity (Wildman–Crippen MR) is 101 cm³/mol. The van der Waals surface area contributed by atoms with Crippen molar-refractivity contribution in [1.29, 1.82) is 0 Å². The number of ether oxygens (including phenoxy) is 1. The zero-order chi connectivity index (χ0) is 18.7. The number of nitrogens with zero attached hydrogens (tertiary/aromatic N) is 2. The molecule has 2 amide bonds. The van der Waals surface area contributed by atoms with Crippen LogP contribution in [-0.4, -0.2) is 38.3 Å². The zero-order valence-electron chi connectivity index (χ0n) is 13.5. The molecule has 0 spiro atoms. The number of rotatable bonds is 4. The van der Waals surface area contributed by atoms with E-state index in [0.717, 1.165) is 16.8 Å². The van der Waals surface area contributed by atoms with Crippen LogP contribution in [0.15, 0.2) is 47.6 Å². The van der Waals surface area contributed by atoms with Gasteiger partial charge in [0.15, 0.2) is 15.8 Å². The third kappa shape index (κ3) is 3.68. The fraction of sp³-hybridized carbons (Fsp3) is 0.0588. The Morgan fingerprint density at radius 1 is 1.42 bits per heavy atom. The van der Waals surface area contributed by atoms with Crippen molar-refractivity contribution < 1.29 is 19.4 Å². The lowest BCUT2D eigenvalue weighted by Gasteiger charge is -2.15. The molecule has 0 aliphatic carbocycles. The summed E-state index contributed by atoms with van der Waals surface area (Å²) in [5.74, 6) is -0.633. The first-order valence-corrected chi connectivity index (χ1v) is 8.58. The van der Waals surface area contributed by atoms with Crippen LogP contribution in [0, 0.1) is 0 Å². The summed E-state index contributed by atoms with van der Waals surface area (Å²) in [6.07, 6.45) is 4.55. The number of aromatic nitrogens is 1. The van der Waals surface area contributed by atoms with E-state index in [4.69, 9.17) is 17.0 Å². The molecular formula is C17H13N3O4S2. The highest BCUT2D eigenvalue weighted by atomic mass is 32.2. The molecule has 0 bridgehead atoms. The largest absolute Gasteiger partial charge is 0.504 e. The average Bonchev–Trinajstić information content (AvgIpc) is 2.91. The molecule has 132 valence electrons. The molecule has 0 atom stereocenters. The van der Waals surface area contributed by atoms with E-state index in [1.165, 1.54) is 19.4 Å². The lowest BCUT2D eigenvalue weighted by atomic mass is 10.2. The molecular weight excluding hydrogens is 374 g/mol. The number of amides is 2. The number of benzene rings is 1. The van der Waals surface area contributed by atoms with Gasteiger partial charge >= 0.3 is 0 Å². The second-order valence-electron chi connectivity index (χ2n) is 5.13. The Morgan fingerprint density at radius 2 is 2.23 bits per heavy atom. The fourth-order valence-electron chi connectivity index (χ4n) is 2.16. The van der Waals surface area contributed by atoms with Gasteiger partial charge in [-0.1, -0.05) is 17.8 Å². The summed E-state index contributed by atoms with van der Waals surface area (Å²) < 4.78 is 5.26. The standard InChI is InChI=1S/C17H13N3O4S2/c1-24-13-7-10(4-5-12(13)21)8-14-16(23)20(17(25)26-14)19-15(22)11-3-2-6-18-9-11/h2-9,21H,1H3,(H,19,22)/b14-8+. The van der Waals surface area contributed by atoms with E-state index in [2.05, 4.69) is 10.4 Å². The Bertz CT molecular complexity index is 915. The first-order chi connectivity index (χ1) is 12.5. The zero-order valence-corrected chi connectivity index (χ0v) is 15.1. The highest BCUT2D eigenvalue weighted by Gasteiger charge is 2.33. The first-order valence-electron chi connectivity index (χ1n) is 7.35. The lowest BCUT2D eigenvalue weighted by molar-refractivity contribution is -0.123. The van der Waals surface area contributed by atoms with Crippen LogP contribution < -0.4 is 10.2 Å². The number of pyridine rings is 1. The number of hydrogen-bond donors (Lipinski definition) is 2. The van der Waals surface area contributed by atoms with Crippen molar-refractivity contribution in [3.05, 3.63) is 58.8 Å². The number of phenolic OH excluding ortho intramolecular Hbond substituents is 1. The van der Waals surface area contributed by atoms with Gasteiger partial charge in [-0.05, 0) is 48.1 Å². The number of carbonyl (C=O) groups excluding carboxylic acids is 2. The predicted octanol–water partition coefficient (Wildman–Crippen LogP) is 2.34. The van der Waals surface area contributed by atoms with Gasteiger partial charge in [-0.2, -0.15) is 5.01 Å². The van der Waals surface area contributed by atoms with Crippen molar-refractivity contribution in [2.45, 2.75) is 0 Å². The molecule has 7 nitrogen and oxygen atoms in total. The normalized spacial score (nSPS) is 15.4. The van der Waals surface area contributed by atoms with Gasteiger partial charge in [-0.3, -0.25) is 20.0 Å². The molecule has 2 N–H and O–H groups in total. The van der Waals surface area contributed by atoms with Gasteiger partial charge in [0.05, 0.1) is 17.6 Å². The molecule has 26 heavy (non-hydrogen) atoms. The molecule has 1 aliphatic rings. The number of aromatic hydroxyl groups is 1. The van der Waals surface area contributed by atoms with E-state index in [0.29, 0.717) is 21.8 Å². The molecule has 2 aromatic rings. The van der Waals surface area contributed by atoms with Crippen LogP contribution >= 0.6 is 24.0 Å². The number of thiocarbonyl (C=S) groups is 1. The van der Waals surface area contributed by atoms with E-state index >= 15 is 0 Å². The van der Waals surface area contributed by atoms with E-state index in [-0.39, 0.29) is 10.1 Å². The van der Waals surface area contributed by atoms with E-state index < -0.39 is 11.8 Å². The summed E-state index contributed by atoms with van der Waals surface area (Å²) in [5, 5.41) is 10.7. The van der Waals surface area contributed by atoms with E-state index in [1.807, 2.05) is 0 Å². The smallest absolute Gasteiger partial charge is 0.285 e. The van der Waals surface area contributed by atoms with Gasteiger partial charge in [-0.25, -0.2) is 0 Å². The molecule has 9 heteroatoms. The monoisotopic (exact) mass is 387 g/mol. The van der Waals surface area contributed by atoms with Crippen molar-refractivity contribution in [1.82, 2.24) is 15.4 Å². The fourth-order valence-corrected chi connectivity index (χ4v) is 3.34. The number of methoxy groups -OCH3 is 1. The van der Waals surface area contributed by atoms with Gasteiger partial charge < -0.3 is 9.84 Å². The van der Waals surface area contributed by atoms with Crippen LogP contribution in [-0.2, 0) is 4.79 Å². The highest BCUT2D eigenvalue weighted by molar-refractivity contribution is 8.26. The van der Waals surface area contributed by atoms with Gasteiger partial charge in [0.1, 0.15) is 0 Å². The molecule has 1 aromatic heterocycles. The SMILES string of the molecule is COc1cc(/C=C2/SC(=S)N(NC(=O)c3cccnc3)C2=O)ccc1O. The molecule has 1 fully saturated rings. The molecule has 0 unspecified atom stereocenters. The van der Waals surface area contributed by atoms with Crippen molar-refractivity contribution >= 4 is 46.2 Å². The van der Waals surface area contributed by atoms with E-state index in [1.54, 1.807) is 36.5 Å². The summed E-state index contributed by atoms with van der Waals surface area (Å²) >= 11 is 6.25. The van der Waals surface area contributed by atoms with Crippen LogP contribution in [0.5, 0.6) is 11.5 Å². The third-order valence-electron chi connectivity index (χ3n) is 3.43. The Hall–Kier alpha value is -2.91. The minimum Gasteiger partial charge on any atom is -0.504 e. The van der Waals surface area contributed by atoms with Crippen LogP contribution in [0.4, 0.5) is 0 Å². The average molecular weight is 387 g/mol. The molecule has 0 radical (unpaired) electrons. The summed E-state index contributed by atoms with van der Waals surface area (Å²) in [7, 11) is 1.44. The van der Waals surface area contributed by atoms with Crippen molar-refractivity contribution in [2.24, 2.45) is 0 Å². The number of hydrazine groups is 1. The number of carbonyl (C=O) groups is 2. The minimum absolute atomic E-state index is 0.000864. The molecule has 0 saturated carbocycles. The van der Waals surface area contributed by atoms with Gasteiger partial charge in [0.25, 0.3) is 11.8 Å². The van der Waals surface area contributed by atoms with E-state index in [9.17, 15) is 14.7 Å². The molecule has 3 rings (SSSR count). The molecule has 1 aliphatic heterocycles. The van der Waals surface area contributed by atoms with Crippen molar-refractivity contribution in [3.63, 3.8) is 0 Å². The summed E-state index contributed by atoms with van der Waals surface area (Å²) in [5.41, 5.74) is 3.44. The van der Waals surface area contributed by atoms with Crippen LogP contribution in [0.25, 0.3) is 6.08 Å². The Kier molecular flexibility index (Phi) is 5.19. The summed E-state index contributed by atoms with van der Waals surface area (Å²) in [6, 6.07) is 7.90. The second-order valence-corrected chi connectivity index (χ2v) is 6.81. The lowest BCUT2D eigenvalue weighted by Crippen LogP contribution is -2.44. The highest BCUT2D eigenvalue weighted by Crippen LogP contribution is 2.33. The third-order valence-corrected chi connectivity index (χ3v) is 4.73. The number of thioether (sulfide) groups is 1. The van der Waals surface area contributed by atoms with Crippen LogP contribution in [0.2, 0.25) is 0 Å². The Labute approximate surface area is 158 Å². The maximum Gasteiger partial charge on any atom is 0.285 e. The molecule has 1 aromatic carbocycles. The molecule has 2 heterocycles. The maximum atomic E-state index is 12.5. The van der Waals surface area contributed by atoms with Crippen LogP contribution in [0.3, 0.4) is 0 Å². The van der Waals surface area contributed by atoms with Crippen molar-refractivity contribution in [2.75, 3.05) is 7.11 Å². The maximum absolute atomic E-state index is 12.5. The molecule has 1 saturated heterocycles. The summed E-state index contributed by atoms with van der Waals surface area (Å²) in [4.78, 5) is 29.0. The van der Waals surface area contributed by atoms with Gasteiger partial charge in [0, 0.05) is 12.4 Å². The number of phenols is 1. The Morgan fingerprint density at radius 3 is 2.92 bits per heavy atom. The first kappa shape index (κ1) is 17.9. The van der Waals surface area contributed by atoms with Gasteiger partial charge in [0.2, 0.25) is 0 Å². The quantitative estimate of drug-likeness (QED) is 0.614. The minimum atomic E-state index is -0.484. The van der Waals surface area contributed by atoms with Crippen molar-refractivity contribution in [3.8, 4) is 11.5 Å². The topological polar surface area (TPSA) is 91.8 Å². The van der Waals surface area contributed by atoms with Gasteiger partial charge in [-0.15, -0.1) is 0 Å². The Balaban J connectivity index is 1.79. The van der Waals surface area contributed by atoms with Crippen LogP contribution in [0.1, 0.15) is 15.9 Å². The summed E-state index contributed by atoms with van der Waals surface area (Å²) in [6.45, 7) is 0. The number of nitrogens with one attached hydrogen (secondary N) is 1. The number of hydrogen-bond acceptors (Lipinski definition) is 7.